The van der Waals surface area contributed by atoms with Crippen LogP contribution in [0, 0.1) is 11.3 Å². The maximum Gasteiger partial charge on any atom is 0.202 e. The third-order valence-corrected chi connectivity index (χ3v) is 2.84. The Morgan fingerprint density at radius 1 is 0.905 bits per heavy atom. The molecule has 21 heavy (non-hydrogen) atoms. The van der Waals surface area contributed by atoms with Crippen molar-refractivity contribution in [3.63, 3.8) is 0 Å². The highest BCUT2D eigenvalue weighted by Gasteiger charge is 2.23. The van der Waals surface area contributed by atoms with Gasteiger partial charge in [-0.05, 0) is 18.2 Å². The van der Waals surface area contributed by atoms with E-state index in [1.54, 1.807) is 6.07 Å². The van der Waals surface area contributed by atoms with Crippen molar-refractivity contribution in [2.75, 3.05) is 0 Å². The van der Waals surface area contributed by atoms with Gasteiger partial charge in [0.2, 0.25) is 11.5 Å². The fraction of sp³-hybridized carbons (Fsp3) is 0. The third kappa shape index (κ3) is 2.26. The van der Waals surface area contributed by atoms with Crippen LogP contribution in [0.15, 0.2) is 24.3 Å². The monoisotopic (exact) mass is 287 g/mol. The Kier molecular flexibility index (Phi) is 3.30. The highest BCUT2D eigenvalue weighted by atomic mass is 16.3. The zero-order valence-electron chi connectivity index (χ0n) is 10.4. The molecule has 0 amide bonds. The van der Waals surface area contributed by atoms with Crippen molar-refractivity contribution in [3.05, 3.63) is 41.0 Å². The van der Waals surface area contributed by atoms with E-state index in [0.29, 0.717) is 0 Å². The molecule has 0 spiro atoms. The molecule has 2 aromatic rings. The van der Waals surface area contributed by atoms with Gasteiger partial charge in [-0.2, -0.15) is 5.26 Å². The van der Waals surface area contributed by atoms with Crippen molar-refractivity contribution in [1.29, 1.82) is 5.26 Å². The number of nitriles is 1. The van der Waals surface area contributed by atoms with Crippen LogP contribution >= 0.6 is 0 Å². The van der Waals surface area contributed by atoms with Gasteiger partial charge in [0.05, 0.1) is 16.7 Å². The van der Waals surface area contributed by atoms with E-state index in [4.69, 9.17) is 5.26 Å². The fourth-order valence-electron chi connectivity index (χ4n) is 1.76. The lowest BCUT2D eigenvalue weighted by molar-refractivity contribution is 0.103. The summed E-state index contributed by atoms with van der Waals surface area (Å²) in [6.07, 6.45) is 0. The van der Waals surface area contributed by atoms with Crippen LogP contribution in [-0.4, -0.2) is 31.3 Å². The molecule has 0 heterocycles. The van der Waals surface area contributed by atoms with E-state index in [2.05, 4.69) is 0 Å². The number of rotatable bonds is 2. The van der Waals surface area contributed by atoms with Crippen LogP contribution in [-0.2, 0) is 0 Å². The minimum absolute atomic E-state index is 0.253. The number of benzene rings is 2. The lowest BCUT2D eigenvalue weighted by Crippen LogP contribution is -2.03. The first-order valence-electron chi connectivity index (χ1n) is 5.61. The number of phenols is 5. The normalized spacial score (nSPS) is 10.0. The van der Waals surface area contributed by atoms with Crippen LogP contribution in [0.4, 0.5) is 0 Å². The van der Waals surface area contributed by atoms with Gasteiger partial charge >= 0.3 is 0 Å². The standard InChI is InChI=1S/C14H9NO6/c15-5-6-3-9(13(20)14(21)11(6)18)12(19)8-2-1-7(16)4-10(8)17/h1-4,16-18,20-21H. The van der Waals surface area contributed by atoms with E-state index < -0.39 is 39.9 Å². The SMILES string of the molecule is N#Cc1cc(C(=O)c2ccc(O)cc2O)c(O)c(O)c1O. The maximum atomic E-state index is 12.2. The van der Waals surface area contributed by atoms with Crippen molar-refractivity contribution in [3.8, 4) is 34.8 Å². The summed E-state index contributed by atoms with van der Waals surface area (Å²) in [6.45, 7) is 0. The van der Waals surface area contributed by atoms with Gasteiger partial charge in [-0.1, -0.05) is 0 Å². The second-order valence-corrected chi connectivity index (χ2v) is 4.16. The average molecular weight is 287 g/mol. The summed E-state index contributed by atoms with van der Waals surface area (Å²) in [5.74, 6) is -4.46. The Hall–Kier alpha value is -3.40. The summed E-state index contributed by atoms with van der Waals surface area (Å²) in [7, 11) is 0. The van der Waals surface area contributed by atoms with Crippen LogP contribution in [0.3, 0.4) is 0 Å². The topological polar surface area (TPSA) is 142 Å². The second-order valence-electron chi connectivity index (χ2n) is 4.16. The van der Waals surface area contributed by atoms with Gasteiger partial charge in [0.25, 0.3) is 0 Å². The maximum absolute atomic E-state index is 12.2. The molecular formula is C14H9NO6. The molecular weight excluding hydrogens is 278 g/mol. The van der Waals surface area contributed by atoms with Crippen LogP contribution in [0.2, 0.25) is 0 Å². The molecule has 0 atom stereocenters. The summed E-state index contributed by atoms with van der Waals surface area (Å²) in [5, 5.41) is 56.2. The molecule has 7 heteroatoms. The van der Waals surface area contributed by atoms with Gasteiger partial charge in [-0.25, -0.2) is 0 Å². The molecule has 0 aliphatic rings. The second kappa shape index (κ2) is 4.94. The lowest BCUT2D eigenvalue weighted by Gasteiger charge is -2.09. The van der Waals surface area contributed by atoms with Gasteiger partial charge in [0, 0.05) is 6.07 Å². The van der Waals surface area contributed by atoms with Crippen LogP contribution in [0.5, 0.6) is 28.7 Å². The number of hydrogen-bond acceptors (Lipinski definition) is 7. The minimum Gasteiger partial charge on any atom is -0.508 e. The summed E-state index contributed by atoms with van der Waals surface area (Å²) in [6, 6.07) is 5.63. The van der Waals surface area contributed by atoms with Gasteiger partial charge in [0.15, 0.2) is 11.5 Å². The minimum atomic E-state index is -1.00. The molecule has 7 nitrogen and oxygen atoms in total. The Morgan fingerprint density at radius 3 is 2.14 bits per heavy atom. The summed E-state index contributed by atoms with van der Waals surface area (Å²) < 4.78 is 0. The Labute approximate surface area is 118 Å². The molecule has 0 saturated heterocycles. The van der Waals surface area contributed by atoms with Crippen molar-refractivity contribution in [2.45, 2.75) is 0 Å². The first kappa shape index (κ1) is 14.0. The van der Waals surface area contributed by atoms with Crippen molar-refractivity contribution < 1.29 is 30.3 Å². The van der Waals surface area contributed by atoms with E-state index >= 15 is 0 Å². The van der Waals surface area contributed by atoms with Gasteiger partial charge < -0.3 is 25.5 Å². The number of phenolic OH excluding ortho intramolecular Hbond substituents is 5. The molecule has 5 N–H and O–H groups in total. The van der Waals surface area contributed by atoms with E-state index in [9.17, 15) is 30.3 Å². The van der Waals surface area contributed by atoms with Crippen LogP contribution in [0.1, 0.15) is 21.5 Å². The van der Waals surface area contributed by atoms with Crippen LogP contribution < -0.4 is 0 Å². The lowest BCUT2D eigenvalue weighted by atomic mass is 9.98. The predicted octanol–water partition coefficient (Wildman–Crippen LogP) is 1.32. The molecule has 0 aliphatic heterocycles. The Balaban J connectivity index is 2.64. The first-order chi connectivity index (χ1) is 9.86. The molecule has 0 fully saturated rings. The molecule has 0 bridgehead atoms. The summed E-state index contributed by atoms with van der Waals surface area (Å²) >= 11 is 0. The summed E-state index contributed by atoms with van der Waals surface area (Å²) in [4.78, 5) is 12.2. The van der Waals surface area contributed by atoms with Gasteiger partial charge in [-0.3, -0.25) is 4.79 Å². The van der Waals surface area contributed by atoms with Crippen LogP contribution in [0.25, 0.3) is 0 Å². The number of hydrogen-bond donors (Lipinski definition) is 5. The molecule has 0 aromatic heterocycles. The zero-order valence-corrected chi connectivity index (χ0v) is 10.4. The molecule has 0 radical (unpaired) electrons. The molecule has 106 valence electrons. The van der Waals surface area contributed by atoms with Gasteiger partial charge in [-0.15, -0.1) is 0 Å². The van der Waals surface area contributed by atoms with E-state index in [-0.39, 0.29) is 11.3 Å². The number of nitrogens with zero attached hydrogens (tertiary/aromatic N) is 1. The van der Waals surface area contributed by atoms with Crippen molar-refractivity contribution >= 4 is 5.78 Å². The first-order valence-corrected chi connectivity index (χ1v) is 5.61. The highest BCUT2D eigenvalue weighted by Crippen LogP contribution is 2.41. The van der Waals surface area contributed by atoms with Gasteiger partial charge in [0.1, 0.15) is 17.6 Å². The molecule has 0 saturated carbocycles. The fourth-order valence-corrected chi connectivity index (χ4v) is 1.76. The predicted molar refractivity (Wildman–Crippen MR) is 69.4 cm³/mol. The Morgan fingerprint density at radius 2 is 1.57 bits per heavy atom. The smallest absolute Gasteiger partial charge is 0.202 e. The number of ketones is 1. The summed E-state index contributed by atoms with van der Waals surface area (Å²) in [5.41, 5.74) is -1.13. The third-order valence-electron chi connectivity index (χ3n) is 2.84. The van der Waals surface area contributed by atoms with Crippen molar-refractivity contribution in [1.82, 2.24) is 0 Å². The Bertz CT molecular complexity index is 791. The molecule has 0 aliphatic carbocycles. The number of carbonyl (C=O) groups is 1. The average Bonchev–Trinajstić information content (AvgIpc) is 2.44. The zero-order chi connectivity index (χ0) is 15.7. The van der Waals surface area contributed by atoms with E-state index in [1.165, 1.54) is 0 Å². The quantitative estimate of drug-likeness (QED) is 0.414. The largest absolute Gasteiger partial charge is 0.508 e. The number of aromatic hydroxyl groups is 5. The molecule has 2 rings (SSSR count). The van der Waals surface area contributed by atoms with E-state index in [1.807, 2.05) is 0 Å². The molecule has 2 aromatic carbocycles. The highest BCUT2D eigenvalue weighted by molar-refractivity contribution is 6.13. The van der Waals surface area contributed by atoms with E-state index in [0.717, 1.165) is 24.3 Å². The number of carbonyl (C=O) groups excluding carboxylic acids is 1. The van der Waals surface area contributed by atoms with Crippen molar-refractivity contribution in [2.24, 2.45) is 0 Å². The molecule has 0 unspecified atom stereocenters.